The lowest BCUT2D eigenvalue weighted by Gasteiger charge is -2.38. The SMILES string of the molecule is C[C@@H]1CN([C@H](C)CO)C(=O)c2cccc(NS(=O)(=O)c3cccs3)c2O[C@@H]1CN(C)C(=O)Nc1ccccc1. The largest absolute Gasteiger partial charge is 0.485 e. The number of nitrogens with zero attached hydrogens (tertiary/aromatic N) is 2. The van der Waals surface area contributed by atoms with Crippen LogP contribution in [0.2, 0.25) is 0 Å². The highest BCUT2D eigenvalue weighted by Gasteiger charge is 2.35. The number of hydrogen-bond donors (Lipinski definition) is 3. The Morgan fingerprint density at radius 1 is 1.18 bits per heavy atom. The van der Waals surface area contributed by atoms with Gasteiger partial charge in [0, 0.05) is 25.2 Å². The molecule has 0 saturated heterocycles. The van der Waals surface area contributed by atoms with Crippen molar-refractivity contribution in [1.82, 2.24) is 9.80 Å². The monoisotopic (exact) mass is 572 g/mol. The number of rotatable bonds is 8. The summed E-state index contributed by atoms with van der Waals surface area (Å²) in [6, 6.07) is 16.0. The summed E-state index contributed by atoms with van der Waals surface area (Å²) in [5.41, 5.74) is 0.918. The van der Waals surface area contributed by atoms with Crippen LogP contribution in [-0.2, 0) is 10.0 Å². The van der Waals surface area contributed by atoms with E-state index in [1.54, 1.807) is 54.6 Å². The molecular formula is C27H32N4O6S2. The molecule has 4 rings (SSSR count). The van der Waals surface area contributed by atoms with Crippen molar-refractivity contribution < 1.29 is 27.9 Å². The van der Waals surface area contributed by atoms with Gasteiger partial charge in [0.25, 0.3) is 15.9 Å². The normalized spacial score (nSPS) is 18.3. The lowest BCUT2D eigenvalue weighted by molar-refractivity contribution is 0.0373. The first-order valence-electron chi connectivity index (χ1n) is 12.5. The summed E-state index contributed by atoms with van der Waals surface area (Å²) in [6.45, 7) is 3.81. The Labute approximate surface area is 232 Å². The molecule has 3 N–H and O–H groups in total. The second-order valence-electron chi connectivity index (χ2n) is 9.52. The molecule has 0 unspecified atom stereocenters. The van der Waals surface area contributed by atoms with Crippen molar-refractivity contribution in [2.24, 2.45) is 5.92 Å². The van der Waals surface area contributed by atoms with E-state index in [0.29, 0.717) is 5.69 Å². The number of fused-ring (bicyclic) bond motifs is 1. The third-order valence-corrected chi connectivity index (χ3v) is 9.28. The first kappa shape index (κ1) is 28.4. The van der Waals surface area contributed by atoms with Crippen molar-refractivity contribution in [2.75, 3.05) is 36.8 Å². The van der Waals surface area contributed by atoms with Crippen molar-refractivity contribution in [1.29, 1.82) is 0 Å². The highest BCUT2D eigenvalue weighted by atomic mass is 32.2. The van der Waals surface area contributed by atoms with Crippen LogP contribution < -0.4 is 14.8 Å². The molecule has 3 amide bonds. The summed E-state index contributed by atoms with van der Waals surface area (Å²) in [6.07, 6.45) is -0.607. The second kappa shape index (κ2) is 12.1. The molecule has 39 heavy (non-hydrogen) atoms. The number of benzene rings is 2. The second-order valence-corrected chi connectivity index (χ2v) is 12.4. The van der Waals surface area contributed by atoms with Gasteiger partial charge in [0.05, 0.1) is 30.4 Å². The maximum Gasteiger partial charge on any atom is 0.321 e. The van der Waals surface area contributed by atoms with E-state index in [1.807, 2.05) is 25.1 Å². The van der Waals surface area contributed by atoms with Crippen LogP contribution in [0.1, 0.15) is 24.2 Å². The molecule has 3 aromatic rings. The number of carbonyl (C=O) groups excluding carboxylic acids is 2. The zero-order chi connectivity index (χ0) is 28.2. The maximum absolute atomic E-state index is 13.6. The van der Waals surface area contributed by atoms with E-state index in [1.165, 1.54) is 17.0 Å². The van der Waals surface area contributed by atoms with E-state index >= 15 is 0 Å². The maximum atomic E-state index is 13.6. The predicted molar refractivity (Wildman–Crippen MR) is 151 cm³/mol. The molecule has 0 bridgehead atoms. The van der Waals surface area contributed by atoms with Gasteiger partial charge < -0.3 is 25.0 Å². The summed E-state index contributed by atoms with van der Waals surface area (Å²) >= 11 is 1.07. The molecule has 0 aliphatic carbocycles. The number of ether oxygens (including phenoxy) is 1. The topological polar surface area (TPSA) is 128 Å². The van der Waals surface area contributed by atoms with Crippen LogP contribution in [0.25, 0.3) is 0 Å². The van der Waals surface area contributed by atoms with Crippen LogP contribution in [0, 0.1) is 5.92 Å². The number of carbonyl (C=O) groups is 2. The average molecular weight is 573 g/mol. The molecular weight excluding hydrogens is 540 g/mol. The number of anilines is 2. The van der Waals surface area contributed by atoms with Crippen molar-refractivity contribution in [3.8, 4) is 5.75 Å². The number of aliphatic hydroxyl groups excluding tert-OH is 1. The summed E-state index contributed by atoms with van der Waals surface area (Å²) in [7, 11) is -2.29. The standard InChI is InChI=1S/C27H32N4O6S2/c1-18-15-31(19(2)17-32)26(33)21-11-7-12-22(29-39(35,36)24-13-8-14-38-24)25(21)37-23(18)16-30(3)27(34)28-20-9-5-4-6-10-20/h4-14,18-19,23,29,32H,15-17H2,1-3H3,(H,28,34)/t18-,19-,23-/m1/s1. The zero-order valence-corrected chi connectivity index (χ0v) is 23.5. The van der Waals surface area contributed by atoms with Gasteiger partial charge in [0.1, 0.15) is 10.3 Å². The number of thiophene rings is 1. The fourth-order valence-corrected chi connectivity index (χ4v) is 6.30. The quantitative estimate of drug-likeness (QED) is 0.375. The van der Waals surface area contributed by atoms with E-state index < -0.39 is 22.2 Å². The fraction of sp³-hybridized carbons (Fsp3) is 0.333. The molecule has 0 saturated carbocycles. The molecule has 0 spiro atoms. The van der Waals surface area contributed by atoms with Crippen LogP contribution >= 0.6 is 11.3 Å². The molecule has 1 aliphatic rings. The highest BCUT2D eigenvalue weighted by molar-refractivity contribution is 7.94. The van der Waals surface area contributed by atoms with Gasteiger partial charge >= 0.3 is 6.03 Å². The number of hydrogen-bond acceptors (Lipinski definition) is 7. The zero-order valence-electron chi connectivity index (χ0n) is 21.9. The van der Waals surface area contributed by atoms with Crippen molar-refractivity contribution in [2.45, 2.75) is 30.2 Å². The molecule has 0 radical (unpaired) electrons. The third kappa shape index (κ3) is 6.52. The first-order valence-corrected chi connectivity index (χ1v) is 14.8. The Kier molecular flexibility index (Phi) is 8.78. The minimum atomic E-state index is -3.93. The number of nitrogens with one attached hydrogen (secondary N) is 2. The summed E-state index contributed by atoms with van der Waals surface area (Å²) in [5.74, 6) is -0.583. The van der Waals surface area contributed by atoms with Gasteiger partial charge in [-0.2, -0.15) is 0 Å². The Bertz CT molecular complexity index is 1400. The smallest absolute Gasteiger partial charge is 0.321 e. The molecule has 12 heteroatoms. The minimum Gasteiger partial charge on any atom is -0.485 e. The van der Waals surface area contributed by atoms with Crippen LogP contribution in [0.3, 0.4) is 0 Å². The highest BCUT2D eigenvalue weighted by Crippen LogP contribution is 2.36. The molecule has 2 heterocycles. The molecule has 208 valence electrons. The van der Waals surface area contributed by atoms with Gasteiger partial charge in [-0.3, -0.25) is 9.52 Å². The van der Waals surface area contributed by atoms with Crippen molar-refractivity contribution >= 4 is 44.7 Å². The summed E-state index contributed by atoms with van der Waals surface area (Å²) in [4.78, 5) is 29.6. The van der Waals surface area contributed by atoms with Gasteiger partial charge in [-0.1, -0.05) is 37.3 Å². The summed E-state index contributed by atoms with van der Waals surface area (Å²) < 4.78 is 35.2. The predicted octanol–water partition coefficient (Wildman–Crippen LogP) is 3.93. The Morgan fingerprint density at radius 3 is 2.59 bits per heavy atom. The van der Waals surface area contributed by atoms with Crippen LogP contribution in [0.4, 0.5) is 16.2 Å². The minimum absolute atomic E-state index is 0.0752. The molecule has 1 aromatic heterocycles. The van der Waals surface area contributed by atoms with Gasteiger partial charge in [0.2, 0.25) is 0 Å². The summed E-state index contributed by atoms with van der Waals surface area (Å²) in [5, 5.41) is 14.4. The molecule has 3 atom stereocenters. The van der Waals surface area contributed by atoms with Gasteiger partial charge in [-0.05, 0) is 42.6 Å². The lowest BCUT2D eigenvalue weighted by atomic mass is 9.99. The molecule has 2 aromatic carbocycles. The van der Waals surface area contributed by atoms with Gasteiger partial charge in [-0.25, -0.2) is 13.2 Å². The van der Waals surface area contributed by atoms with Gasteiger partial charge in [-0.15, -0.1) is 11.3 Å². The van der Waals surface area contributed by atoms with Gasteiger partial charge in [0.15, 0.2) is 5.75 Å². The van der Waals surface area contributed by atoms with Crippen LogP contribution in [0.5, 0.6) is 5.75 Å². The molecule has 1 aliphatic heterocycles. The molecule has 10 nitrogen and oxygen atoms in total. The van der Waals surface area contributed by atoms with Crippen molar-refractivity contribution in [3.63, 3.8) is 0 Å². The number of sulfonamides is 1. The first-order chi connectivity index (χ1) is 18.6. The van der Waals surface area contributed by atoms with E-state index in [4.69, 9.17) is 4.74 Å². The lowest BCUT2D eigenvalue weighted by Crippen LogP contribution is -2.50. The van der Waals surface area contributed by atoms with E-state index in [2.05, 4.69) is 10.0 Å². The fourth-order valence-electron chi connectivity index (χ4n) is 4.25. The number of amides is 3. The van der Waals surface area contributed by atoms with E-state index in [-0.39, 0.29) is 58.8 Å². The third-order valence-electron chi connectivity index (χ3n) is 6.52. The van der Waals surface area contributed by atoms with Crippen LogP contribution in [-0.4, -0.2) is 74.2 Å². The number of para-hydroxylation sites is 2. The van der Waals surface area contributed by atoms with E-state index in [0.717, 1.165) is 11.3 Å². The average Bonchev–Trinajstić information content (AvgIpc) is 3.47. The Morgan fingerprint density at radius 2 is 1.92 bits per heavy atom. The number of likely N-dealkylation sites (N-methyl/N-ethyl adjacent to an activating group) is 1. The van der Waals surface area contributed by atoms with Crippen molar-refractivity contribution in [3.05, 3.63) is 71.6 Å². The van der Waals surface area contributed by atoms with Crippen LogP contribution in [0.15, 0.2) is 70.3 Å². The Hall–Kier alpha value is -3.61. The van der Waals surface area contributed by atoms with E-state index in [9.17, 15) is 23.1 Å². The number of aliphatic hydroxyl groups is 1. The number of urea groups is 1. The molecule has 0 fully saturated rings. The Balaban J connectivity index is 1.68.